The highest BCUT2D eigenvalue weighted by Gasteiger charge is 2.26. The Morgan fingerprint density at radius 2 is 2.21 bits per heavy atom. The summed E-state index contributed by atoms with van der Waals surface area (Å²) in [7, 11) is 1.34. The number of primary amides is 1. The second-order valence-corrected chi connectivity index (χ2v) is 6.18. The van der Waals surface area contributed by atoms with E-state index in [9.17, 15) is 9.59 Å². The third-order valence-electron chi connectivity index (χ3n) is 3.86. The summed E-state index contributed by atoms with van der Waals surface area (Å²) in [6.07, 6.45) is 2.79. The second kappa shape index (κ2) is 8.07. The monoisotopic (exact) mass is 351 g/mol. The van der Waals surface area contributed by atoms with Crippen LogP contribution < -0.4 is 5.73 Å². The highest BCUT2D eigenvalue weighted by atomic mass is 32.1. The van der Waals surface area contributed by atoms with E-state index in [1.54, 1.807) is 6.20 Å². The lowest BCUT2D eigenvalue weighted by atomic mass is 10.1. The molecule has 0 aliphatic heterocycles. The smallest absolute Gasteiger partial charge is 0.305 e. The van der Waals surface area contributed by atoms with Crippen LogP contribution in [0.5, 0.6) is 0 Å². The molecule has 0 radical (unpaired) electrons. The number of aliphatic hydroxyl groups excluding tert-OH is 1. The summed E-state index contributed by atoms with van der Waals surface area (Å²) in [5.74, 6) is -0.854. The standard InChI is InChI=1S/C16H21N3O4S/c1-10-13(15(17)22)14(16-18-6-9-24-16)11(4-5-12(21)23-2)19(10)7-3-8-20/h6,9,20H,3-5,7-8H2,1-2H3,(H2,17,22). The van der Waals surface area contributed by atoms with E-state index in [2.05, 4.69) is 4.98 Å². The van der Waals surface area contributed by atoms with Crippen LogP contribution in [-0.2, 0) is 22.5 Å². The molecule has 0 fully saturated rings. The van der Waals surface area contributed by atoms with Gasteiger partial charge < -0.3 is 20.1 Å². The maximum absolute atomic E-state index is 12.0. The number of esters is 1. The maximum Gasteiger partial charge on any atom is 0.305 e. The van der Waals surface area contributed by atoms with E-state index in [0.717, 1.165) is 11.4 Å². The summed E-state index contributed by atoms with van der Waals surface area (Å²) >= 11 is 1.41. The molecule has 0 spiro atoms. The minimum atomic E-state index is -0.528. The molecule has 2 aromatic heterocycles. The molecule has 0 aliphatic carbocycles. The van der Waals surface area contributed by atoms with E-state index in [4.69, 9.17) is 15.6 Å². The van der Waals surface area contributed by atoms with Gasteiger partial charge >= 0.3 is 5.97 Å². The van der Waals surface area contributed by atoms with Gasteiger partial charge in [-0.15, -0.1) is 11.3 Å². The SMILES string of the molecule is COC(=O)CCc1c(-c2nccs2)c(C(N)=O)c(C)n1CCCO. The molecule has 130 valence electrons. The summed E-state index contributed by atoms with van der Waals surface area (Å²) < 4.78 is 6.66. The minimum Gasteiger partial charge on any atom is -0.469 e. The van der Waals surface area contributed by atoms with Crippen molar-refractivity contribution in [1.29, 1.82) is 0 Å². The number of carbonyl (C=O) groups excluding carboxylic acids is 2. The van der Waals surface area contributed by atoms with E-state index in [1.807, 2.05) is 16.9 Å². The molecule has 2 rings (SSSR count). The van der Waals surface area contributed by atoms with Crippen molar-refractivity contribution < 1.29 is 19.4 Å². The lowest BCUT2D eigenvalue weighted by Gasteiger charge is -2.11. The number of amides is 1. The molecule has 0 saturated heterocycles. The van der Waals surface area contributed by atoms with Crippen LogP contribution in [0.25, 0.3) is 10.6 Å². The lowest BCUT2D eigenvalue weighted by Crippen LogP contribution is -2.13. The number of aromatic nitrogens is 2. The Balaban J connectivity index is 2.59. The molecule has 0 saturated carbocycles. The topological polar surface area (TPSA) is 107 Å². The first-order valence-electron chi connectivity index (χ1n) is 7.60. The van der Waals surface area contributed by atoms with E-state index in [-0.39, 0.29) is 19.0 Å². The number of hydrogen-bond donors (Lipinski definition) is 2. The Morgan fingerprint density at radius 1 is 1.46 bits per heavy atom. The number of nitrogens with two attached hydrogens (primary N) is 1. The highest BCUT2D eigenvalue weighted by molar-refractivity contribution is 7.13. The Kier molecular flexibility index (Phi) is 6.10. The van der Waals surface area contributed by atoms with Crippen LogP contribution in [0.15, 0.2) is 11.6 Å². The number of aliphatic hydroxyl groups is 1. The van der Waals surface area contributed by atoms with Gasteiger partial charge in [-0.3, -0.25) is 9.59 Å². The van der Waals surface area contributed by atoms with Gasteiger partial charge in [0.25, 0.3) is 5.91 Å². The zero-order valence-electron chi connectivity index (χ0n) is 13.7. The third-order valence-corrected chi connectivity index (χ3v) is 4.65. The van der Waals surface area contributed by atoms with Gasteiger partial charge in [0.2, 0.25) is 0 Å². The van der Waals surface area contributed by atoms with Crippen molar-refractivity contribution in [2.45, 2.75) is 32.7 Å². The maximum atomic E-state index is 12.0. The van der Waals surface area contributed by atoms with Gasteiger partial charge in [0.15, 0.2) is 0 Å². The van der Waals surface area contributed by atoms with Crippen LogP contribution >= 0.6 is 11.3 Å². The number of rotatable bonds is 8. The molecule has 2 heterocycles. The van der Waals surface area contributed by atoms with Crippen LogP contribution in [0.2, 0.25) is 0 Å². The fourth-order valence-corrected chi connectivity index (χ4v) is 3.50. The zero-order valence-corrected chi connectivity index (χ0v) is 14.6. The van der Waals surface area contributed by atoms with Crippen molar-refractivity contribution >= 4 is 23.2 Å². The van der Waals surface area contributed by atoms with E-state index < -0.39 is 5.91 Å². The van der Waals surface area contributed by atoms with Crippen LogP contribution in [0.4, 0.5) is 0 Å². The van der Waals surface area contributed by atoms with Crippen molar-refractivity contribution in [3.63, 3.8) is 0 Å². The van der Waals surface area contributed by atoms with Crippen molar-refractivity contribution in [2.24, 2.45) is 5.73 Å². The third kappa shape index (κ3) is 3.65. The largest absolute Gasteiger partial charge is 0.469 e. The number of methoxy groups -OCH3 is 1. The molecule has 0 aliphatic rings. The molecule has 2 aromatic rings. The molecule has 0 atom stereocenters. The van der Waals surface area contributed by atoms with Crippen molar-refractivity contribution in [1.82, 2.24) is 9.55 Å². The van der Waals surface area contributed by atoms with Gasteiger partial charge in [0.05, 0.1) is 19.1 Å². The molecular formula is C16H21N3O4S. The number of carbonyl (C=O) groups is 2. The molecule has 7 nitrogen and oxygen atoms in total. The molecule has 8 heteroatoms. The first kappa shape index (κ1) is 18.2. The van der Waals surface area contributed by atoms with Crippen LogP contribution in [0.3, 0.4) is 0 Å². The van der Waals surface area contributed by atoms with E-state index >= 15 is 0 Å². The van der Waals surface area contributed by atoms with Gasteiger partial charge in [-0.25, -0.2) is 4.98 Å². The lowest BCUT2D eigenvalue weighted by molar-refractivity contribution is -0.140. The van der Waals surface area contributed by atoms with Gasteiger partial charge in [-0.05, 0) is 19.8 Å². The van der Waals surface area contributed by atoms with Gasteiger partial charge in [0.1, 0.15) is 5.01 Å². The van der Waals surface area contributed by atoms with Crippen molar-refractivity contribution in [2.75, 3.05) is 13.7 Å². The first-order chi connectivity index (χ1) is 11.5. The molecule has 0 unspecified atom stereocenters. The number of thiazole rings is 1. The number of hydrogen-bond acceptors (Lipinski definition) is 6. The van der Waals surface area contributed by atoms with Gasteiger partial charge in [0, 0.05) is 41.7 Å². The highest BCUT2D eigenvalue weighted by Crippen LogP contribution is 2.35. The number of ether oxygens (including phenoxy) is 1. The average molecular weight is 351 g/mol. The predicted molar refractivity (Wildman–Crippen MR) is 90.8 cm³/mol. The molecule has 24 heavy (non-hydrogen) atoms. The van der Waals surface area contributed by atoms with Gasteiger partial charge in [-0.1, -0.05) is 0 Å². The van der Waals surface area contributed by atoms with Crippen LogP contribution in [0.1, 0.15) is 34.6 Å². The Labute approximate surface area is 144 Å². The summed E-state index contributed by atoms with van der Waals surface area (Å²) in [5.41, 5.74) is 8.23. The van der Waals surface area contributed by atoms with Crippen LogP contribution in [0, 0.1) is 6.92 Å². The predicted octanol–water partition coefficient (Wildman–Crippen LogP) is 1.51. The molecule has 0 bridgehead atoms. The van der Waals surface area contributed by atoms with E-state index in [0.29, 0.717) is 35.5 Å². The Morgan fingerprint density at radius 3 is 2.75 bits per heavy atom. The summed E-state index contributed by atoms with van der Waals surface area (Å²) in [5, 5.41) is 11.7. The quantitative estimate of drug-likeness (QED) is 0.701. The van der Waals surface area contributed by atoms with E-state index in [1.165, 1.54) is 18.4 Å². The second-order valence-electron chi connectivity index (χ2n) is 5.29. The zero-order chi connectivity index (χ0) is 17.7. The van der Waals surface area contributed by atoms with Crippen molar-refractivity contribution in [3.05, 3.63) is 28.5 Å². The molecule has 3 N–H and O–H groups in total. The van der Waals surface area contributed by atoms with Gasteiger partial charge in [-0.2, -0.15) is 0 Å². The van der Waals surface area contributed by atoms with Crippen LogP contribution in [-0.4, -0.2) is 40.3 Å². The molecule has 1 amide bonds. The molecule has 0 aromatic carbocycles. The molecular weight excluding hydrogens is 330 g/mol. The fourth-order valence-electron chi connectivity index (χ4n) is 2.79. The Bertz CT molecular complexity index is 722. The summed E-state index contributed by atoms with van der Waals surface area (Å²) in [6, 6.07) is 0. The first-order valence-corrected chi connectivity index (χ1v) is 8.48. The minimum absolute atomic E-state index is 0.0343. The summed E-state index contributed by atoms with van der Waals surface area (Å²) in [6.45, 7) is 2.38. The summed E-state index contributed by atoms with van der Waals surface area (Å²) in [4.78, 5) is 27.9. The number of nitrogens with zero attached hydrogens (tertiary/aromatic N) is 2. The normalized spacial score (nSPS) is 10.8. The Hall–Kier alpha value is -2.19. The fraction of sp³-hybridized carbons (Fsp3) is 0.438. The average Bonchev–Trinajstić information content (AvgIpc) is 3.16. The van der Waals surface area contributed by atoms with Crippen molar-refractivity contribution in [3.8, 4) is 10.6 Å².